The van der Waals surface area contributed by atoms with Gasteiger partial charge in [0.2, 0.25) is 10.0 Å². The second-order valence-electron chi connectivity index (χ2n) is 6.13. The van der Waals surface area contributed by atoms with Gasteiger partial charge in [-0.2, -0.15) is 4.31 Å². The van der Waals surface area contributed by atoms with E-state index in [1.165, 1.54) is 12.4 Å². The minimum atomic E-state index is -3.96. The number of aromatic nitrogens is 2. The van der Waals surface area contributed by atoms with Gasteiger partial charge in [0.1, 0.15) is 10.9 Å². The van der Waals surface area contributed by atoms with E-state index < -0.39 is 22.0 Å². The van der Waals surface area contributed by atoms with Crippen molar-refractivity contribution in [1.82, 2.24) is 14.3 Å². The zero-order chi connectivity index (χ0) is 18.0. The van der Waals surface area contributed by atoms with Crippen molar-refractivity contribution in [1.29, 1.82) is 0 Å². The summed E-state index contributed by atoms with van der Waals surface area (Å²) in [5.74, 6) is -0.954. The van der Waals surface area contributed by atoms with Crippen molar-refractivity contribution in [2.75, 3.05) is 6.54 Å². The first-order valence-corrected chi connectivity index (χ1v) is 9.47. The lowest BCUT2D eigenvalue weighted by Gasteiger charge is -2.36. The molecule has 0 aliphatic carbocycles. The van der Waals surface area contributed by atoms with Crippen LogP contribution in [0.2, 0.25) is 0 Å². The zero-order valence-electron chi connectivity index (χ0n) is 13.7. The summed E-state index contributed by atoms with van der Waals surface area (Å²) in [5, 5.41) is 9.44. The molecule has 1 aromatic carbocycles. The Balaban J connectivity index is 1.93. The number of piperidine rings is 1. The predicted molar refractivity (Wildman–Crippen MR) is 91.2 cm³/mol. The van der Waals surface area contributed by atoms with Crippen molar-refractivity contribution in [2.24, 2.45) is 5.92 Å². The molecule has 2 unspecified atom stereocenters. The van der Waals surface area contributed by atoms with Crippen LogP contribution in [0, 0.1) is 5.92 Å². The fourth-order valence-corrected chi connectivity index (χ4v) is 4.72. The second kappa shape index (κ2) is 6.89. The van der Waals surface area contributed by atoms with Crippen molar-refractivity contribution in [3.05, 3.63) is 42.7 Å². The lowest BCUT2D eigenvalue weighted by atomic mass is 9.93. The summed E-state index contributed by atoms with van der Waals surface area (Å²) in [6, 6.07) is 8.15. The van der Waals surface area contributed by atoms with Crippen LogP contribution in [0.1, 0.15) is 19.8 Å². The van der Waals surface area contributed by atoms with Crippen LogP contribution in [0.5, 0.6) is 0 Å². The molecular formula is C17H19N3O4S. The molecule has 0 saturated carbocycles. The molecule has 0 radical (unpaired) electrons. The number of carbonyl (C=O) groups is 1. The number of carboxylic acid groups (broad SMARTS) is 1. The fourth-order valence-electron chi connectivity index (χ4n) is 3.11. The van der Waals surface area contributed by atoms with E-state index in [9.17, 15) is 18.3 Å². The first-order chi connectivity index (χ1) is 11.9. The molecule has 2 aromatic rings. The van der Waals surface area contributed by atoms with Crippen LogP contribution in [0.25, 0.3) is 11.4 Å². The molecule has 1 aliphatic rings. The third-order valence-electron chi connectivity index (χ3n) is 4.41. The van der Waals surface area contributed by atoms with Gasteiger partial charge in [-0.1, -0.05) is 37.3 Å². The maximum Gasteiger partial charge on any atom is 0.322 e. The number of benzene rings is 1. The van der Waals surface area contributed by atoms with E-state index >= 15 is 0 Å². The lowest BCUT2D eigenvalue weighted by Crippen LogP contribution is -2.51. The van der Waals surface area contributed by atoms with Gasteiger partial charge in [0.15, 0.2) is 5.82 Å². The molecule has 1 saturated heterocycles. The number of sulfonamides is 1. The van der Waals surface area contributed by atoms with Crippen LogP contribution in [-0.4, -0.2) is 46.4 Å². The highest BCUT2D eigenvalue weighted by Crippen LogP contribution is 2.29. The Labute approximate surface area is 146 Å². The van der Waals surface area contributed by atoms with Gasteiger partial charge in [-0.3, -0.25) is 4.79 Å². The van der Waals surface area contributed by atoms with E-state index in [1.807, 2.05) is 30.3 Å². The molecule has 8 heteroatoms. The number of hydrogen-bond donors (Lipinski definition) is 1. The average Bonchev–Trinajstić information content (AvgIpc) is 2.62. The van der Waals surface area contributed by atoms with Gasteiger partial charge in [-0.05, 0) is 18.8 Å². The van der Waals surface area contributed by atoms with Crippen LogP contribution in [0.4, 0.5) is 0 Å². The molecule has 0 spiro atoms. The summed E-state index contributed by atoms with van der Waals surface area (Å²) >= 11 is 0. The Kier molecular flexibility index (Phi) is 4.82. The van der Waals surface area contributed by atoms with Gasteiger partial charge in [0.25, 0.3) is 0 Å². The first kappa shape index (κ1) is 17.5. The molecule has 1 fully saturated rings. The summed E-state index contributed by atoms with van der Waals surface area (Å²) in [4.78, 5) is 19.7. The number of rotatable bonds is 4. The molecule has 3 rings (SSSR count). The standard InChI is InChI=1S/C17H19N3O4S/c1-12-6-5-9-20(15(12)17(21)22)25(23,24)14-10-18-16(19-11-14)13-7-3-2-4-8-13/h2-4,7-8,10-12,15H,5-6,9H2,1H3,(H,21,22). The van der Waals surface area contributed by atoms with E-state index in [4.69, 9.17) is 0 Å². The molecule has 2 atom stereocenters. The quantitative estimate of drug-likeness (QED) is 0.894. The van der Waals surface area contributed by atoms with Crippen LogP contribution in [0.3, 0.4) is 0 Å². The van der Waals surface area contributed by atoms with Crippen molar-refractivity contribution in [2.45, 2.75) is 30.7 Å². The smallest absolute Gasteiger partial charge is 0.322 e. The van der Waals surface area contributed by atoms with Crippen LogP contribution in [0.15, 0.2) is 47.6 Å². The Morgan fingerprint density at radius 3 is 2.44 bits per heavy atom. The van der Waals surface area contributed by atoms with E-state index in [1.54, 1.807) is 6.92 Å². The van der Waals surface area contributed by atoms with Gasteiger partial charge in [-0.25, -0.2) is 18.4 Å². The highest BCUT2D eigenvalue weighted by Gasteiger charge is 2.41. The maximum atomic E-state index is 12.9. The average molecular weight is 361 g/mol. The predicted octanol–water partition coefficient (Wildman–Crippen LogP) is 2.02. The van der Waals surface area contributed by atoms with Crippen LogP contribution in [-0.2, 0) is 14.8 Å². The Hall–Kier alpha value is -2.32. The normalized spacial score (nSPS) is 21.8. The van der Waals surface area contributed by atoms with Crippen LogP contribution >= 0.6 is 0 Å². The SMILES string of the molecule is CC1CCCN(S(=O)(=O)c2cnc(-c3ccccc3)nc2)C1C(=O)O. The van der Waals surface area contributed by atoms with Gasteiger partial charge in [0, 0.05) is 12.1 Å². The Morgan fingerprint density at radius 1 is 1.20 bits per heavy atom. The summed E-state index contributed by atoms with van der Waals surface area (Å²) < 4.78 is 26.8. The van der Waals surface area contributed by atoms with Gasteiger partial charge >= 0.3 is 5.97 Å². The van der Waals surface area contributed by atoms with E-state index in [-0.39, 0.29) is 17.4 Å². The maximum absolute atomic E-state index is 12.9. The van der Waals surface area contributed by atoms with E-state index in [0.29, 0.717) is 18.7 Å². The third-order valence-corrected chi connectivity index (χ3v) is 6.24. The largest absolute Gasteiger partial charge is 0.480 e. The minimum Gasteiger partial charge on any atom is -0.480 e. The van der Waals surface area contributed by atoms with Gasteiger partial charge < -0.3 is 5.11 Å². The molecule has 7 nitrogen and oxygen atoms in total. The summed E-state index contributed by atoms with van der Waals surface area (Å²) in [5.41, 5.74) is 0.779. The minimum absolute atomic E-state index is 0.0902. The van der Waals surface area contributed by atoms with Crippen molar-refractivity contribution < 1.29 is 18.3 Å². The summed E-state index contributed by atoms with van der Waals surface area (Å²) in [6.07, 6.45) is 3.80. The molecular weight excluding hydrogens is 342 g/mol. The monoisotopic (exact) mass is 361 g/mol. The second-order valence-corrected chi connectivity index (χ2v) is 8.02. The number of hydrogen-bond acceptors (Lipinski definition) is 5. The molecule has 2 heterocycles. The number of nitrogens with zero attached hydrogens (tertiary/aromatic N) is 3. The molecule has 25 heavy (non-hydrogen) atoms. The fraction of sp³-hybridized carbons (Fsp3) is 0.353. The molecule has 1 N–H and O–H groups in total. The first-order valence-electron chi connectivity index (χ1n) is 8.03. The Bertz CT molecular complexity index is 853. The molecule has 1 aromatic heterocycles. The molecule has 0 bridgehead atoms. The highest BCUT2D eigenvalue weighted by molar-refractivity contribution is 7.89. The van der Waals surface area contributed by atoms with E-state index in [0.717, 1.165) is 9.87 Å². The van der Waals surface area contributed by atoms with Crippen molar-refractivity contribution in [3.63, 3.8) is 0 Å². The number of aliphatic carboxylic acids is 1. The summed E-state index contributed by atoms with van der Waals surface area (Å²) in [6.45, 7) is 1.94. The molecule has 1 aliphatic heterocycles. The topological polar surface area (TPSA) is 100 Å². The lowest BCUT2D eigenvalue weighted by molar-refractivity contribution is -0.144. The zero-order valence-corrected chi connectivity index (χ0v) is 14.6. The van der Waals surface area contributed by atoms with Gasteiger partial charge in [0.05, 0.1) is 12.4 Å². The number of carboxylic acids is 1. The third kappa shape index (κ3) is 3.40. The summed E-state index contributed by atoms with van der Waals surface area (Å²) in [7, 11) is -3.96. The highest BCUT2D eigenvalue weighted by atomic mass is 32.2. The van der Waals surface area contributed by atoms with Crippen molar-refractivity contribution in [3.8, 4) is 11.4 Å². The van der Waals surface area contributed by atoms with Crippen LogP contribution < -0.4 is 0 Å². The Morgan fingerprint density at radius 2 is 1.84 bits per heavy atom. The van der Waals surface area contributed by atoms with E-state index in [2.05, 4.69) is 9.97 Å². The molecule has 0 amide bonds. The molecule has 132 valence electrons. The van der Waals surface area contributed by atoms with Crippen molar-refractivity contribution >= 4 is 16.0 Å². The van der Waals surface area contributed by atoms with Gasteiger partial charge in [-0.15, -0.1) is 0 Å².